The van der Waals surface area contributed by atoms with Gasteiger partial charge < -0.3 is 10.2 Å². The maximum absolute atomic E-state index is 12.9. The lowest BCUT2D eigenvalue weighted by Gasteiger charge is -2.17. The molecule has 0 unspecified atom stereocenters. The Kier molecular flexibility index (Phi) is 4.54. The van der Waals surface area contributed by atoms with Crippen molar-refractivity contribution < 1.29 is 4.39 Å². The molecule has 1 fully saturated rings. The van der Waals surface area contributed by atoms with Crippen molar-refractivity contribution in [2.45, 2.75) is 25.4 Å². The van der Waals surface area contributed by atoms with Gasteiger partial charge in [0.15, 0.2) is 0 Å². The van der Waals surface area contributed by atoms with E-state index in [0.717, 1.165) is 35.7 Å². The molecule has 1 N–H and O–H groups in total. The molecule has 2 rings (SSSR count). The van der Waals surface area contributed by atoms with Crippen molar-refractivity contribution in [3.63, 3.8) is 0 Å². The molecule has 1 saturated carbocycles. The summed E-state index contributed by atoms with van der Waals surface area (Å²) in [6, 6.07) is 5.63. The number of nitrogens with one attached hydrogen (secondary N) is 1. The van der Waals surface area contributed by atoms with Gasteiger partial charge in [-0.05, 0) is 37.6 Å². The molecule has 1 aliphatic carbocycles. The minimum absolute atomic E-state index is 0.196. The lowest BCUT2D eigenvalue weighted by Crippen LogP contribution is -2.30. The summed E-state index contributed by atoms with van der Waals surface area (Å²) in [6.07, 6.45) is 2.65. The standard InChI is InChI=1S/C13H18BrFN2/c1-17(7-6-16-12-4-5-12)9-10-2-3-11(15)8-13(10)14/h2-3,8,12,16H,4-7,9H2,1H3. The van der Waals surface area contributed by atoms with E-state index < -0.39 is 0 Å². The second kappa shape index (κ2) is 5.94. The van der Waals surface area contributed by atoms with Crippen molar-refractivity contribution >= 4 is 15.9 Å². The molecule has 1 aromatic carbocycles. The molecule has 1 aromatic rings. The average molecular weight is 301 g/mol. The summed E-state index contributed by atoms with van der Waals surface area (Å²) < 4.78 is 13.8. The van der Waals surface area contributed by atoms with E-state index in [-0.39, 0.29) is 5.82 Å². The number of likely N-dealkylation sites (N-methyl/N-ethyl adjacent to an activating group) is 1. The Morgan fingerprint density at radius 3 is 2.88 bits per heavy atom. The van der Waals surface area contributed by atoms with E-state index in [1.807, 2.05) is 6.07 Å². The van der Waals surface area contributed by atoms with Crippen LogP contribution in [0.5, 0.6) is 0 Å². The molecule has 4 heteroatoms. The quantitative estimate of drug-likeness (QED) is 0.869. The Balaban J connectivity index is 1.77. The molecule has 0 heterocycles. The Labute approximate surface area is 110 Å². The van der Waals surface area contributed by atoms with Crippen LogP contribution in [-0.4, -0.2) is 31.1 Å². The Bertz CT molecular complexity index is 380. The van der Waals surface area contributed by atoms with Crippen LogP contribution in [0.4, 0.5) is 4.39 Å². The van der Waals surface area contributed by atoms with Crippen molar-refractivity contribution in [3.8, 4) is 0 Å². The SMILES string of the molecule is CN(CCNC1CC1)Cc1ccc(F)cc1Br. The normalized spacial score (nSPS) is 15.5. The summed E-state index contributed by atoms with van der Waals surface area (Å²) in [5.74, 6) is -0.196. The van der Waals surface area contributed by atoms with E-state index in [9.17, 15) is 4.39 Å². The lowest BCUT2D eigenvalue weighted by atomic mass is 10.2. The fourth-order valence-electron chi connectivity index (χ4n) is 1.77. The zero-order valence-corrected chi connectivity index (χ0v) is 11.6. The average Bonchev–Trinajstić information content (AvgIpc) is 3.06. The number of benzene rings is 1. The molecule has 94 valence electrons. The molecule has 1 aliphatic rings. The van der Waals surface area contributed by atoms with E-state index >= 15 is 0 Å². The van der Waals surface area contributed by atoms with Gasteiger partial charge in [-0.2, -0.15) is 0 Å². The fourth-order valence-corrected chi connectivity index (χ4v) is 2.24. The first-order valence-corrected chi connectivity index (χ1v) is 6.80. The highest BCUT2D eigenvalue weighted by atomic mass is 79.9. The molecule has 0 spiro atoms. The second-order valence-electron chi connectivity index (χ2n) is 4.70. The molecule has 0 aromatic heterocycles. The first kappa shape index (κ1) is 13.0. The molecule has 0 bridgehead atoms. The summed E-state index contributed by atoms with van der Waals surface area (Å²) in [7, 11) is 2.09. The van der Waals surface area contributed by atoms with E-state index in [1.165, 1.54) is 25.0 Å². The Morgan fingerprint density at radius 2 is 2.24 bits per heavy atom. The topological polar surface area (TPSA) is 15.3 Å². The highest BCUT2D eigenvalue weighted by Crippen LogP contribution is 2.20. The number of rotatable bonds is 6. The van der Waals surface area contributed by atoms with Crippen LogP contribution in [0.25, 0.3) is 0 Å². The zero-order chi connectivity index (χ0) is 12.3. The van der Waals surface area contributed by atoms with Crippen LogP contribution >= 0.6 is 15.9 Å². The van der Waals surface area contributed by atoms with Gasteiger partial charge in [0.25, 0.3) is 0 Å². The summed E-state index contributed by atoms with van der Waals surface area (Å²) in [4.78, 5) is 2.24. The van der Waals surface area contributed by atoms with Gasteiger partial charge in [-0.1, -0.05) is 22.0 Å². The summed E-state index contributed by atoms with van der Waals surface area (Å²) in [5, 5.41) is 3.48. The number of hydrogen-bond donors (Lipinski definition) is 1. The first-order valence-electron chi connectivity index (χ1n) is 6.01. The van der Waals surface area contributed by atoms with Gasteiger partial charge in [-0.15, -0.1) is 0 Å². The third-order valence-corrected chi connectivity index (χ3v) is 3.70. The van der Waals surface area contributed by atoms with Crippen LogP contribution in [0.2, 0.25) is 0 Å². The van der Waals surface area contributed by atoms with Crippen LogP contribution < -0.4 is 5.32 Å². The smallest absolute Gasteiger partial charge is 0.124 e. The van der Waals surface area contributed by atoms with Crippen LogP contribution in [0.1, 0.15) is 18.4 Å². The largest absolute Gasteiger partial charge is 0.313 e. The van der Waals surface area contributed by atoms with Gasteiger partial charge in [0.2, 0.25) is 0 Å². The predicted octanol–water partition coefficient (Wildman–Crippen LogP) is 2.77. The Morgan fingerprint density at radius 1 is 1.47 bits per heavy atom. The van der Waals surface area contributed by atoms with E-state index in [1.54, 1.807) is 0 Å². The summed E-state index contributed by atoms with van der Waals surface area (Å²) in [6.45, 7) is 2.88. The highest BCUT2D eigenvalue weighted by Gasteiger charge is 2.19. The Hall–Kier alpha value is -0.450. The monoisotopic (exact) mass is 300 g/mol. The minimum Gasteiger partial charge on any atom is -0.313 e. The molecule has 2 nitrogen and oxygen atoms in total. The van der Waals surface area contributed by atoms with Crippen molar-refractivity contribution in [1.29, 1.82) is 0 Å². The molecule has 0 aliphatic heterocycles. The maximum atomic E-state index is 12.9. The lowest BCUT2D eigenvalue weighted by molar-refractivity contribution is 0.323. The van der Waals surface area contributed by atoms with E-state index in [0.29, 0.717) is 0 Å². The van der Waals surface area contributed by atoms with Crippen molar-refractivity contribution in [1.82, 2.24) is 10.2 Å². The van der Waals surface area contributed by atoms with Crippen molar-refractivity contribution in [2.24, 2.45) is 0 Å². The summed E-state index contributed by atoms with van der Waals surface area (Å²) >= 11 is 3.39. The van der Waals surface area contributed by atoms with Gasteiger partial charge in [-0.25, -0.2) is 4.39 Å². The zero-order valence-electron chi connectivity index (χ0n) is 10.0. The molecule has 0 radical (unpaired) electrons. The first-order chi connectivity index (χ1) is 8.15. The van der Waals surface area contributed by atoms with Gasteiger partial charge >= 0.3 is 0 Å². The number of halogens is 2. The number of nitrogens with zero attached hydrogens (tertiary/aromatic N) is 1. The van der Waals surface area contributed by atoms with Gasteiger partial charge in [-0.3, -0.25) is 0 Å². The van der Waals surface area contributed by atoms with Crippen LogP contribution in [0.15, 0.2) is 22.7 Å². The third-order valence-electron chi connectivity index (χ3n) is 2.96. The molecule has 0 atom stereocenters. The molecular weight excluding hydrogens is 283 g/mol. The van der Waals surface area contributed by atoms with Crippen molar-refractivity contribution in [2.75, 3.05) is 20.1 Å². The fraction of sp³-hybridized carbons (Fsp3) is 0.538. The molecular formula is C13H18BrFN2. The van der Waals surface area contributed by atoms with Gasteiger partial charge in [0.05, 0.1) is 0 Å². The predicted molar refractivity (Wildman–Crippen MR) is 71.5 cm³/mol. The van der Waals surface area contributed by atoms with Crippen LogP contribution in [0, 0.1) is 5.82 Å². The molecule has 17 heavy (non-hydrogen) atoms. The molecule has 0 amide bonds. The van der Waals surface area contributed by atoms with E-state index in [4.69, 9.17) is 0 Å². The van der Waals surface area contributed by atoms with Gasteiger partial charge in [0.1, 0.15) is 5.82 Å². The van der Waals surface area contributed by atoms with Gasteiger partial charge in [0, 0.05) is 30.1 Å². The van der Waals surface area contributed by atoms with Crippen molar-refractivity contribution in [3.05, 3.63) is 34.1 Å². The van der Waals surface area contributed by atoms with E-state index in [2.05, 4.69) is 33.2 Å². The third kappa shape index (κ3) is 4.37. The minimum atomic E-state index is -0.196. The van der Waals surface area contributed by atoms with Crippen LogP contribution in [-0.2, 0) is 6.54 Å². The summed E-state index contributed by atoms with van der Waals surface area (Å²) in [5.41, 5.74) is 1.13. The maximum Gasteiger partial charge on any atom is 0.124 e. The molecule has 0 saturated heterocycles. The van der Waals surface area contributed by atoms with Crippen LogP contribution in [0.3, 0.4) is 0 Å². The number of hydrogen-bond acceptors (Lipinski definition) is 2. The highest BCUT2D eigenvalue weighted by molar-refractivity contribution is 9.10. The second-order valence-corrected chi connectivity index (χ2v) is 5.56.